The number of rotatable bonds is 6. The molecular weight excluding hydrogens is 346 g/mol. The van der Waals surface area contributed by atoms with E-state index >= 15 is 0 Å². The number of carboxylic acids is 1. The monoisotopic (exact) mass is 369 g/mol. The Hall–Kier alpha value is -3.00. The van der Waals surface area contributed by atoms with E-state index < -0.39 is 12.0 Å². The Bertz CT molecular complexity index is 776. The number of hydrogen-bond donors (Lipinski definition) is 2. The zero-order chi connectivity index (χ0) is 19.2. The van der Waals surface area contributed by atoms with Gasteiger partial charge in [-0.15, -0.1) is 0 Å². The molecule has 1 aliphatic rings. The van der Waals surface area contributed by atoms with Crippen molar-refractivity contribution in [2.24, 2.45) is 0 Å². The number of carbonyl (C=O) groups is 2. The molecular formula is C19H23N5O3. The molecule has 1 aliphatic heterocycles. The first-order valence-electron chi connectivity index (χ1n) is 8.88. The summed E-state index contributed by atoms with van der Waals surface area (Å²) in [6.45, 7) is 1.91. The summed E-state index contributed by atoms with van der Waals surface area (Å²) in [4.78, 5) is 35.6. The Morgan fingerprint density at radius 3 is 2.52 bits per heavy atom. The summed E-state index contributed by atoms with van der Waals surface area (Å²) < 4.78 is 0. The number of carbonyl (C=O) groups excluding carboxylic acids is 1. The Morgan fingerprint density at radius 2 is 1.93 bits per heavy atom. The van der Waals surface area contributed by atoms with Gasteiger partial charge in [0.1, 0.15) is 6.04 Å². The Balaban J connectivity index is 1.68. The predicted molar refractivity (Wildman–Crippen MR) is 100 cm³/mol. The summed E-state index contributed by atoms with van der Waals surface area (Å²) in [7, 11) is 1.73. The van der Waals surface area contributed by atoms with Crippen molar-refractivity contribution in [3.63, 3.8) is 0 Å². The van der Waals surface area contributed by atoms with Gasteiger partial charge in [-0.3, -0.25) is 19.7 Å². The molecule has 1 fully saturated rings. The van der Waals surface area contributed by atoms with E-state index in [2.05, 4.69) is 15.3 Å². The van der Waals surface area contributed by atoms with Crippen molar-refractivity contribution >= 4 is 17.7 Å². The topological polar surface area (TPSA) is 98.7 Å². The van der Waals surface area contributed by atoms with Crippen molar-refractivity contribution in [3.05, 3.63) is 54.1 Å². The van der Waals surface area contributed by atoms with Crippen LogP contribution in [0.4, 0.5) is 10.5 Å². The van der Waals surface area contributed by atoms with Crippen LogP contribution in [0.5, 0.6) is 0 Å². The molecule has 0 aliphatic carbocycles. The van der Waals surface area contributed by atoms with Gasteiger partial charge < -0.3 is 15.3 Å². The maximum absolute atomic E-state index is 12.2. The van der Waals surface area contributed by atoms with Crippen molar-refractivity contribution in [2.75, 3.05) is 25.5 Å². The molecule has 2 amide bonds. The molecule has 0 radical (unpaired) electrons. The summed E-state index contributed by atoms with van der Waals surface area (Å²) in [5.74, 6) is -0.949. The fraction of sp³-hybridized carbons (Fsp3) is 0.368. The molecule has 27 heavy (non-hydrogen) atoms. The third kappa shape index (κ3) is 4.79. The lowest BCUT2D eigenvalue weighted by Crippen LogP contribution is -2.32. The minimum atomic E-state index is -0.949. The number of aliphatic carboxylic acids is 1. The molecule has 0 saturated carbocycles. The van der Waals surface area contributed by atoms with Crippen LogP contribution in [0.1, 0.15) is 30.1 Å². The molecule has 1 aromatic heterocycles. The number of anilines is 1. The van der Waals surface area contributed by atoms with E-state index in [-0.39, 0.29) is 6.03 Å². The van der Waals surface area contributed by atoms with Crippen molar-refractivity contribution in [1.82, 2.24) is 19.8 Å². The van der Waals surface area contributed by atoms with E-state index in [4.69, 9.17) is 0 Å². The average Bonchev–Trinajstić information content (AvgIpc) is 3.19. The number of amides is 2. The highest BCUT2D eigenvalue weighted by atomic mass is 16.4. The molecule has 2 aromatic rings. The van der Waals surface area contributed by atoms with Gasteiger partial charge in [0.25, 0.3) is 0 Å². The van der Waals surface area contributed by atoms with Crippen LogP contribution in [0.15, 0.2) is 42.9 Å². The first kappa shape index (κ1) is 18.8. The third-order valence-electron chi connectivity index (χ3n) is 4.57. The zero-order valence-corrected chi connectivity index (χ0v) is 15.2. The van der Waals surface area contributed by atoms with Gasteiger partial charge >= 0.3 is 12.0 Å². The fourth-order valence-corrected chi connectivity index (χ4v) is 3.22. The van der Waals surface area contributed by atoms with Crippen LogP contribution >= 0.6 is 0 Å². The Morgan fingerprint density at radius 1 is 1.22 bits per heavy atom. The highest BCUT2D eigenvalue weighted by Gasteiger charge is 2.25. The van der Waals surface area contributed by atoms with Crippen LogP contribution < -0.4 is 5.32 Å². The highest BCUT2D eigenvalue weighted by molar-refractivity contribution is 5.89. The molecule has 1 atom stereocenters. The smallest absolute Gasteiger partial charge is 0.325 e. The van der Waals surface area contributed by atoms with E-state index in [1.165, 1.54) is 0 Å². The van der Waals surface area contributed by atoms with Crippen molar-refractivity contribution in [3.8, 4) is 0 Å². The predicted octanol–water partition coefficient (Wildman–Crippen LogP) is 2.36. The molecule has 1 aromatic carbocycles. The molecule has 0 spiro atoms. The van der Waals surface area contributed by atoms with Gasteiger partial charge in [0.05, 0.1) is 5.69 Å². The molecule has 2 heterocycles. The van der Waals surface area contributed by atoms with Crippen LogP contribution in [0.3, 0.4) is 0 Å². The van der Waals surface area contributed by atoms with Crippen LogP contribution in [-0.4, -0.2) is 57.0 Å². The van der Waals surface area contributed by atoms with E-state index in [1.54, 1.807) is 59.7 Å². The lowest BCUT2D eigenvalue weighted by atomic mass is 10.1. The van der Waals surface area contributed by atoms with E-state index in [1.807, 2.05) is 0 Å². The van der Waals surface area contributed by atoms with Crippen molar-refractivity contribution in [2.45, 2.75) is 25.4 Å². The lowest BCUT2D eigenvalue weighted by Gasteiger charge is -2.24. The SMILES string of the molecule is CN(Cc1cnccn1)[C@@H](C(=O)O)c1ccc(NC(=O)N2CCCC2)cc1. The minimum Gasteiger partial charge on any atom is -0.480 e. The van der Waals surface area contributed by atoms with Crippen LogP contribution in [-0.2, 0) is 11.3 Å². The number of likely N-dealkylation sites (tertiary alicyclic amines) is 1. The quantitative estimate of drug-likeness (QED) is 0.811. The first-order valence-corrected chi connectivity index (χ1v) is 8.88. The van der Waals surface area contributed by atoms with Crippen LogP contribution in [0.2, 0.25) is 0 Å². The summed E-state index contributed by atoms with van der Waals surface area (Å²) in [5, 5.41) is 12.5. The highest BCUT2D eigenvalue weighted by Crippen LogP contribution is 2.23. The number of aromatic nitrogens is 2. The molecule has 8 nitrogen and oxygen atoms in total. The van der Waals surface area contributed by atoms with Crippen LogP contribution in [0, 0.1) is 0 Å². The number of nitrogens with one attached hydrogen (secondary N) is 1. The van der Waals surface area contributed by atoms with Gasteiger partial charge in [-0.05, 0) is 37.6 Å². The number of hydrogen-bond acceptors (Lipinski definition) is 5. The second-order valence-corrected chi connectivity index (χ2v) is 6.60. The standard InChI is InChI=1S/C19H23N5O3/c1-23(13-16-12-20-8-9-21-16)17(18(25)26)14-4-6-15(7-5-14)22-19(27)24-10-2-3-11-24/h4-9,12,17H,2-3,10-11,13H2,1H3,(H,22,27)(H,25,26)/t17-/m1/s1. The van der Waals surface area contributed by atoms with Crippen molar-refractivity contribution in [1.29, 1.82) is 0 Å². The lowest BCUT2D eigenvalue weighted by molar-refractivity contribution is -0.143. The van der Waals surface area contributed by atoms with E-state index in [9.17, 15) is 14.7 Å². The number of carboxylic acid groups (broad SMARTS) is 1. The first-order chi connectivity index (χ1) is 13.0. The van der Waals surface area contributed by atoms with E-state index in [0.29, 0.717) is 23.5 Å². The summed E-state index contributed by atoms with van der Waals surface area (Å²) in [6.07, 6.45) is 6.84. The maximum Gasteiger partial charge on any atom is 0.325 e. The molecule has 1 saturated heterocycles. The molecule has 3 rings (SSSR count). The molecule has 0 unspecified atom stereocenters. The normalized spacial score (nSPS) is 15.0. The Labute approximate surface area is 157 Å². The van der Waals surface area contributed by atoms with Gasteiger partial charge in [0.15, 0.2) is 0 Å². The van der Waals surface area contributed by atoms with Gasteiger partial charge in [-0.2, -0.15) is 0 Å². The van der Waals surface area contributed by atoms with Crippen LogP contribution in [0.25, 0.3) is 0 Å². The summed E-state index contributed by atoms with van der Waals surface area (Å²) in [6, 6.07) is 5.98. The van der Waals surface area contributed by atoms with Crippen molar-refractivity contribution < 1.29 is 14.7 Å². The largest absolute Gasteiger partial charge is 0.480 e. The van der Waals surface area contributed by atoms with Gasteiger partial charge in [0.2, 0.25) is 0 Å². The molecule has 0 bridgehead atoms. The summed E-state index contributed by atoms with van der Waals surface area (Å²) in [5.41, 5.74) is 1.98. The molecule has 142 valence electrons. The van der Waals surface area contributed by atoms with Gasteiger partial charge in [-0.1, -0.05) is 12.1 Å². The molecule has 8 heteroatoms. The number of likely N-dealkylation sites (N-methyl/N-ethyl adjacent to an activating group) is 1. The fourth-order valence-electron chi connectivity index (χ4n) is 3.22. The number of benzene rings is 1. The third-order valence-corrected chi connectivity index (χ3v) is 4.57. The average molecular weight is 369 g/mol. The van der Waals surface area contributed by atoms with Gasteiger partial charge in [0, 0.05) is 43.9 Å². The van der Waals surface area contributed by atoms with Gasteiger partial charge in [-0.25, -0.2) is 4.79 Å². The Kier molecular flexibility index (Phi) is 5.97. The number of nitrogens with zero attached hydrogens (tertiary/aromatic N) is 4. The molecule has 2 N–H and O–H groups in total. The second kappa shape index (κ2) is 8.59. The maximum atomic E-state index is 12.2. The number of urea groups is 1. The minimum absolute atomic E-state index is 0.116. The van der Waals surface area contributed by atoms with E-state index in [0.717, 1.165) is 25.9 Å². The summed E-state index contributed by atoms with van der Waals surface area (Å²) >= 11 is 0. The second-order valence-electron chi connectivity index (χ2n) is 6.60. The zero-order valence-electron chi connectivity index (χ0n) is 15.2.